The van der Waals surface area contributed by atoms with Crippen LogP contribution in [-0.2, 0) is 11.2 Å². The van der Waals surface area contributed by atoms with Gasteiger partial charge in [0.05, 0.1) is 0 Å². The maximum absolute atomic E-state index is 12.5. The molecule has 2 aromatic rings. The third-order valence-electron chi connectivity index (χ3n) is 3.91. The molecule has 0 bridgehead atoms. The van der Waals surface area contributed by atoms with Crippen LogP contribution in [0, 0.1) is 13.8 Å². The van der Waals surface area contributed by atoms with Gasteiger partial charge in [0.15, 0.2) is 6.10 Å². The Balaban J connectivity index is 2.05. The fraction of sp³-hybridized carbons (Fsp3) is 0.350. The average molecular weight is 311 g/mol. The lowest BCUT2D eigenvalue weighted by molar-refractivity contribution is -0.122. The Bertz CT molecular complexity index is 662. The molecular formula is C20H25NO2. The van der Waals surface area contributed by atoms with Crippen molar-refractivity contribution in [2.75, 3.05) is 5.32 Å². The molecule has 1 amide bonds. The average Bonchev–Trinajstić information content (AvgIpc) is 2.55. The van der Waals surface area contributed by atoms with Crippen LogP contribution in [0.25, 0.3) is 0 Å². The van der Waals surface area contributed by atoms with Crippen LogP contribution in [0.5, 0.6) is 5.75 Å². The molecule has 0 saturated heterocycles. The first-order valence-corrected chi connectivity index (χ1v) is 8.17. The smallest absolute Gasteiger partial charge is 0.265 e. The van der Waals surface area contributed by atoms with E-state index in [2.05, 4.69) is 18.3 Å². The molecule has 0 aromatic heterocycles. The molecule has 3 heteroatoms. The molecule has 0 aliphatic rings. The fourth-order valence-corrected chi connectivity index (χ4v) is 2.46. The van der Waals surface area contributed by atoms with E-state index in [9.17, 15) is 4.79 Å². The Morgan fingerprint density at radius 3 is 2.35 bits per heavy atom. The second-order valence-electron chi connectivity index (χ2n) is 5.82. The number of anilines is 1. The van der Waals surface area contributed by atoms with E-state index in [1.165, 1.54) is 11.1 Å². The lowest BCUT2D eigenvalue weighted by atomic mass is 10.1. The van der Waals surface area contributed by atoms with Crippen LogP contribution >= 0.6 is 0 Å². The summed E-state index contributed by atoms with van der Waals surface area (Å²) in [4.78, 5) is 12.5. The molecule has 0 saturated carbocycles. The minimum absolute atomic E-state index is 0.112. The van der Waals surface area contributed by atoms with Gasteiger partial charge < -0.3 is 10.1 Å². The van der Waals surface area contributed by atoms with Crippen LogP contribution in [0.3, 0.4) is 0 Å². The van der Waals surface area contributed by atoms with Crippen molar-refractivity contribution in [3.63, 3.8) is 0 Å². The number of hydrogen-bond acceptors (Lipinski definition) is 2. The number of carbonyl (C=O) groups excluding carboxylic acids is 1. The highest BCUT2D eigenvalue weighted by atomic mass is 16.5. The third kappa shape index (κ3) is 4.59. The Hall–Kier alpha value is -2.29. The van der Waals surface area contributed by atoms with E-state index in [4.69, 9.17) is 4.74 Å². The molecular weight excluding hydrogens is 286 g/mol. The summed E-state index contributed by atoms with van der Waals surface area (Å²) in [6, 6.07) is 13.9. The predicted molar refractivity (Wildman–Crippen MR) is 95.1 cm³/mol. The zero-order chi connectivity index (χ0) is 16.8. The molecule has 1 atom stereocenters. The summed E-state index contributed by atoms with van der Waals surface area (Å²) in [5.41, 5.74) is 4.33. The molecule has 122 valence electrons. The molecule has 3 nitrogen and oxygen atoms in total. The van der Waals surface area contributed by atoms with E-state index in [1.807, 2.05) is 57.2 Å². The number of aryl methyl sites for hydroxylation is 3. The summed E-state index contributed by atoms with van der Waals surface area (Å²) in [6.45, 7) is 8.10. The summed E-state index contributed by atoms with van der Waals surface area (Å²) in [5, 5.41) is 2.97. The van der Waals surface area contributed by atoms with Crippen LogP contribution in [-0.4, -0.2) is 12.0 Å². The minimum atomic E-state index is -0.497. The van der Waals surface area contributed by atoms with Gasteiger partial charge in [0.2, 0.25) is 0 Å². The van der Waals surface area contributed by atoms with Crippen molar-refractivity contribution in [2.45, 2.75) is 46.6 Å². The molecule has 0 fully saturated rings. The number of amides is 1. The van der Waals surface area contributed by atoms with E-state index in [-0.39, 0.29) is 5.91 Å². The second kappa shape index (κ2) is 7.82. The summed E-state index contributed by atoms with van der Waals surface area (Å²) >= 11 is 0. The van der Waals surface area contributed by atoms with Crippen LogP contribution in [0.4, 0.5) is 5.69 Å². The van der Waals surface area contributed by atoms with Gasteiger partial charge >= 0.3 is 0 Å². The molecule has 2 rings (SSSR count). The maximum Gasteiger partial charge on any atom is 0.265 e. The van der Waals surface area contributed by atoms with Crippen molar-refractivity contribution in [1.29, 1.82) is 0 Å². The zero-order valence-corrected chi connectivity index (χ0v) is 14.3. The quantitative estimate of drug-likeness (QED) is 0.842. The molecule has 0 spiro atoms. The first-order valence-electron chi connectivity index (χ1n) is 8.17. The van der Waals surface area contributed by atoms with Gasteiger partial charge in [-0.2, -0.15) is 0 Å². The number of hydrogen-bond donors (Lipinski definition) is 1. The first-order chi connectivity index (χ1) is 11.0. The fourth-order valence-electron chi connectivity index (χ4n) is 2.46. The van der Waals surface area contributed by atoms with Crippen LogP contribution < -0.4 is 10.1 Å². The second-order valence-corrected chi connectivity index (χ2v) is 5.82. The summed E-state index contributed by atoms with van der Waals surface area (Å²) < 4.78 is 5.85. The van der Waals surface area contributed by atoms with Gasteiger partial charge in [0, 0.05) is 5.69 Å². The normalized spacial score (nSPS) is 11.8. The molecule has 0 aliphatic carbocycles. The monoisotopic (exact) mass is 311 g/mol. The van der Waals surface area contributed by atoms with E-state index >= 15 is 0 Å². The topological polar surface area (TPSA) is 38.3 Å². The number of carbonyl (C=O) groups is 1. The standard InChI is InChI=1S/C20H25NO2/c1-5-16-8-10-17(11-9-16)23-19(6-2)20(22)21-18-12-7-14(3)13-15(18)4/h7-13,19H,5-6H2,1-4H3,(H,21,22)/t19-/m1/s1. The molecule has 0 heterocycles. The SMILES string of the molecule is CCc1ccc(O[C@H](CC)C(=O)Nc2ccc(C)cc2C)cc1. The molecule has 0 unspecified atom stereocenters. The molecule has 0 radical (unpaired) electrons. The van der Waals surface area contributed by atoms with Gasteiger partial charge in [-0.25, -0.2) is 0 Å². The van der Waals surface area contributed by atoms with Crippen molar-refractivity contribution in [2.24, 2.45) is 0 Å². The Kier molecular flexibility index (Phi) is 5.80. The van der Waals surface area contributed by atoms with Crippen LogP contribution in [0.2, 0.25) is 0 Å². The van der Waals surface area contributed by atoms with Gasteiger partial charge in [-0.1, -0.05) is 43.7 Å². The van der Waals surface area contributed by atoms with Gasteiger partial charge in [0.25, 0.3) is 5.91 Å². The Morgan fingerprint density at radius 1 is 1.09 bits per heavy atom. The highest BCUT2D eigenvalue weighted by Crippen LogP contribution is 2.19. The van der Waals surface area contributed by atoms with Crippen molar-refractivity contribution in [1.82, 2.24) is 0 Å². The molecule has 2 aromatic carbocycles. The number of benzene rings is 2. The molecule has 0 aliphatic heterocycles. The summed E-state index contributed by atoms with van der Waals surface area (Å²) in [6.07, 6.45) is 1.11. The lowest BCUT2D eigenvalue weighted by Crippen LogP contribution is -2.32. The van der Waals surface area contributed by atoms with E-state index in [0.717, 1.165) is 23.4 Å². The highest BCUT2D eigenvalue weighted by Gasteiger charge is 2.19. The molecule has 23 heavy (non-hydrogen) atoms. The van der Waals surface area contributed by atoms with E-state index in [0.29, 0.717) is 6.42 Å². The number of nitrogens with one attached hydrogen (secondary N) is 1. The van der Waals surface area contributed by atoms with E-state index < -0.39 is 6.10 Å². The highest BCUT2D eigenvalue weighted by molar-refractivity contribution is 5.95. The largest absolute Gasteiger partial charge is 0.481 e. The third-order valence-corrected chi connectivity index (χ3v) is 3.91. The van der Waals surface area contributed by atoms with Crippen LogP contribution in [0.1, 0.15) is 37.0 Å². The minimum Gasteiger partial charge on any atom is -0.481 e. The zero-order valence-electron chi connectivity index (χ0n) is 14.3. The van der Waals surface area contributed by atoms with Crippen molar-refractivity contribution in [3.05, 3.63) is 59.2 Å². The number of rotatable bonds is 6. The maximum atomic E-state index is 12.5. The van der Waals surface area contributed by atoms with Crippen molar-refractivity contribution in [3.8, 4) is 5.75 Å². The first kappa shape index (κ1) is 17.1. The predicted octanol–water partition coefficient (Wildman–Crippen LogP) is 4.66. The van der Waals surface area contributed by atoms with Gasteiger partial charge in [-0.3, -0.25) is 4.79 Å². The van der Waals surface area contributed by atoms with Crippen molar-refractivity contribution < 1.29 is 9.53 Å². The number of ether oxygens (including phenoxy) is 1. The Morgan fingerprint density at radius 2 is 1.78 bits per heavy atom. The van der Waals surface area contributed by atoms with E-state index in [1.54, 1.807) is 0 Å². The van der Waals surface area contributed by atoms with Crippen molar-refractivity contribution >= 4 is 11.6 Å². The van der Waals surface area contributed by atoms with Gasteiger partial charge in [0.1, 0.15) is 5.75 Å². The lowest BCUT2D eigenvalue weighted by Gasteiger charge is -2.18. The summed E-state index contributed by atoms with van der Waals surface area (Å²) in [7, 11) is 0. The van der Waals surface area contributed by atoms with Gasteiger partial charge in [-0.05, 0) is 56.0 Å². The molecule has 1 N–H and O–H groups in total. The van der Waals surface area contributed by atoms with Gasteiger partial charge in [-0.15, -0.1) is 0 Å². The Labute approximate surface area is 138 Å². The van der Waals surface area contributed by atoms with Crippen LogP contribution in [0.15, 0.2) is 42.5 Å². The summed E-state index contributed by atoms with van der Waals surface area (Å²) in [5.74, 6) is 0.615.